The Morgan fingerprint density at radius 3 is 2.43 bits per heavy atom. The molecule has 1 aliphatic heterocycles. The van der Waals surface area contributed by atoms with Crippen molar-refractivity contribution in [2.75, 3.05) is 59.6 Å². The number of rotatable bonds is 8. The standard InChI is InChI=1S/C17H27N3O3/c1-22-13-14-23-16-5-3-15(4-6-16)17(21)20-11-9-19(10-12-20)8-2-7-18/h3-6H,2,7-14,18H2,1H3. The molecule has 0 radical (unpaired) electrons. The summed E-state index contributed by atoms with van der Waals surface area (Å²) in [5, 5.41) is 0. The van der Waals surface area contributed by atoms with Crippen molar-refractivity contribution in [2.24, 2.45) is 5.73 Å². The number of amides is 1. The first-order valence-electron chi connectivity index (χ1n) is 8.18. The molecular formula is C17H27N3O3. The molecule has 1 amide bonds. The Bertz CT molecular complexity index is 470. The molecule has 1 aliphatic rings. The quantitative estimate of drug-likeness (QED) is 0.718. The summed E-state index contributed by atoms with van der Waals surface area (Å²) in [6, 6.07) is 7.32. The summed E-state index contributed by atoms with van der Waals surface area (Å²) in [5.41, 5.74) is 6.25. The molecule has 2 N–H and O–H groups in total. The highest BCUT2D eigenvalue weighted by Gasteiger charge is 2.21. The van der Waals surface area contributed by atoms with E-state index in [0.29, 0.717) is 18.8 Å². The number of methoxy groups -OCH3 is 1. The Kier molecular flexibility index (Phi) is 7.32. The number of carbonyl (C=O) groups excluding carboxylic acids is 1. The Morgan fingerprint density at radius 1 is 1.13 bits per heavy atom. The van der Waals surface area contributed by atoms with E-state index in [9.17, 15) is 4.79 Å². The van der Waals surface area contributed by atoms with Gasteiger partial charge in [0.25, 0.3) is 5.91 Å². The molecule has 0 atom stereocenters. The van der Waals surface area contributed by atoms with Crippen LogP contribution in [0.25, 0.3) is 0 Å². The molecule has 0 aliphatic carbocycles. The molecule has 1 aromatic carbocycles. The minimum Gasteiger partial charge on any atom is -0.491 e. The van der Waals surface area contributed by atoms with Crippen molar-refractivity contribution in [3.63, 3.8) is 0 Å². The first-order valence-corrected chi connectivity index (χ1v) is 8.18. The molecule has 0 saturated carbocycles. The van der Waals surface area contributed by atoms with Crippen LogP contribution >= 0.6 is 0 Å². The molecule has 1 saturated heterocycles. The van der Waals surface area contributed by atoms with Crippen LogP contribution in [-0.4, -0.2) is 75.3 Å². The first kappa shape index (κ1) is 17.7. The van der Waals surface area contributed by atoms with E-state index in [2.05, 4.69) is 4.90 Å². The van der Waals surface area contributed by atoms with Gasteiger partial charge in [0.2, 0.25) is 0 Å². The van der Waals surface area contributed by atoms with Crippen LogP contribution in [0, 0.1) is 0 Å². The smallest absolute Gasteiger partial charge is 0.253 e. The number of ether oxygens (including phenoxy) is 2. The highest BCUT2D eigenvalue weighted by atomic mass is 16.5. The predicted molar refractivity (Wildman–Crippen MR) is 89.8 cm³/mol. The number of nitrogens with two attached hydrogens (primary N) is 1. The van der Waals surface area contributed by atoms with Crippen LogP contribution in [0.1, 0.15) is 16.8 Å². The summed E-state index contributed by atoms with van der Waals surface area (Å²) in [4.78, 5) is 16.8. The van der Waals surface area contributed by atoms with Gasteiger partial charge in [0.1, 0.15) is 12.4 Å². The van der Waals surface area contributed by atoms with Gasteiger partial charge in [0.05, 0.1) is 6.61 Å². The third-order valence-corrected chi connectivity index (χ3v) is 4.00. The van der Waals surface area contributed by atoms with Gasteiger partial charge < -0.3 is 20.1 Å². The van der Waals surface area contributed by atoms with Gasteiger partial charge in [0.15, 0.2) is 0 Å². The van der Waals surface area contributed by atoms with Crippen LogP contribution in [0.3, 0.4) is 0 Å². The zero-order valence-corrected chi connectivity index (χ0v) is 13.9. The molecule has 23 heavy (non-hydrogen) atoms. The molecule has 1 fully saturated rings. The summed E-state index contributed by atoms with van der Waals surface area (Å²) in [5.74, 6) is 0.845. The van der Waals surface area contributed by atoms with Crippen LogP contribution in [0.4, 0.5) is 0 Å². The number of hydrogen-bond donors (Lipinski definition) is 1. The molecule has 1 heterocycles. The molecular weight excluding hydrogens is 294 g/mol. The molecule has 1 aromatic rings. The van der Waals surface area contributed by atoms with Crippen molar-refractivity contribution < 1.29 is 14.3 Å². The van der Waals surface area contributed by atoms with E-state index in [0.717, 1.165) is 51.4 Å². The van der Waals surface area contributed by atoms with Gasteiger partial charge in [-0.3, -0.25) is 9.69 Å². The maximum atomic E-state index is 12.5. The maximum absolute atomic E-state index is 12.5. The Hall–Kier alpha value is -1.63. The van der Waals surface area contributed by atoms with Crippen molar-refractivity contribution in [2.45, 2.75) is 6.42 Å². The van der Waals surface area contributed by atoms with E-state index in [4.69, 9.17) is 15.2 Å². The second-order valence-corrected chi connectivity index (χ2v) is 5.64. The fraction of sp³-hybridized carbons (Fsp3) is 0.588. The Morgan fingerprint density at radius 2 is 1.83 bits per heavy atom. The third-order valence-electron chi connectivity index (χ3n) is 4.00. The highest BCUT2D eigenvalue weighted by molar-refractivity contribution is 5.94. The molecule has 128 valence electrons. The van der Waals surface area contributed by atoms with Gasteiger partial charge in [-0.15, -0.1) is 0 Å². The molecule has 0 spiro atoms. The minimum absolute atomic E-state index is 0.0897. The summed E-state index contributed by atoms with van der Waals surface area (Å²) in [7, 11) is 1.64. The molecule has 2 rings (SSSR count). The van der Waals surface area contributed by atoms with Crippen molar-refractivity contribution in [1.82, 2.24) is 9.80 Å². The maximum Gasteiger partial charge on any atom is 0.253 e. The predicted octanol–water partition coefficient (Wildman–Crippen LogP) is 0.818. The second-order valence-electron chi connectivity index (χ2n) is 5.64. The van der Waals surface area contributed by atoms with Gasteiger partial charge >= 0.3 is 0 Å². The van der Waals surface area contributed by atoms with Crippen LogP contribution in [-0.2, 0) is 4.74 Å². The normalized spacial score (nSPS) is 15.7. The average Bonchev–Trinajstić information content (AvgIpc) is 2.61. The van der Waals surface area contributed by atoms with Gasteiger partial charge in [-0.25, -0.2) is 0 Å². The largest absolute Gasteiger partial charge is 0.491 e. The van der Waals surface area contributed by atoms with Crippen LogP contribution in [0.15, 0.2) is 24.3 Å². The zero-order chi connectivity index (χ0) is 16.5. The van der Waals surface area contributed by atoms with E-state index in [1.54, 1.807) is 7.11 Å². The number of carbonyl (C=O) groups is 1. The van der Waals surface area contributed by atoms with E-state index in [1.165, 1.54) is 0 Å². The van der Waals surface area contributed by atoms with E-state index >= 15 is 0 Å². The first-order chi connectivity index (χ1) is 11.2. The SMILES string of the molecule is COCCOc1ccc(C(=O)N2CCN(CCCN)CC2)cc1. The molecule has 0 aromatic heterocycles. The zero-order valence-electron chi connectivity index (χ0n) is 13.9. The number of benzene rings is 1. The minimum atomic E-state index is 0.0897. The number of piperazine rings is 1. The van der Waals surface area contributed by atoms with E-state index in [1.807, 2.05) is 29.2 Å². The van der Waals surface area contributed by atoms with E-state index < -0.39 is 0 Å². The summed E-state index contributed by atoms with van der Waals surface area (Å²) >= 11 is 0. The lowest BCUT2D eigenvalue weighted by molar-refractivity contribution is 0.0636. The van der Waals surface area contributed by atoms with Crippen LogP contribution in [0.2, 0.25) is 0 Å². The van der Waals surface area contributed by atoms with Gasteiger partial charge in [-0.2, -0.15) is 0 Å². The fourth-order valence-corrected chi connectivity index (χ4v) is 2.61. The third kappa shape index (κ3) is 5.49. The van der Waals surface area contributed by atoms with Crippen molar-refractivity contribution in [3.8, 4) is 5.75 Å². The second kappa shape index (κ2) is 9.50. The monoisotopic (exact) mass is 321 g/mol. The van der Waals surface area contributed by atoms with Gasteiger partial charge in [-0.05, 0) is 43.8 Å². The number of hydrogen-bond acceptors (Lipinski definition) is 5. The highest BCUT2D eigenvalue weighted by Crippen LogP contribution is 2.15. The van der Waals surface area contributed by atoms with E-state index in [-0.39, 0.29) is 5.91 Å². The Labute approximate surface area is 138 Å². The van der Waals surface area contributed by atoms with Crippen LogP contribution < -0.4 is 10.5 Å². The summed E-state index contributed by atoms with van der Waals surface area (Å²) in [6.45, 7) is 6.19. The lowest BCUT2D eigenvalue weighted by atomic mass is 10.1. The van der Waals surface area contributed by atoms with Gasteiger partial charge in [0, 0.05) is 38.9 Å². The number of nitrogens with zero attached hydrogens (tertiary/aromatic N) is 2. The lowest BCUT2D eigenvalue weighted by Crippen LogP contribution is -2.49. The fourth-order valence-electron chi connectivity index (χ4n) is 2.61. The van der Waals surface area contributed by atoms with Crippen molar-refractivity contribution in [1.29, 1.82) is 0 Å². The summed E-state index contributed by atoms with van der Waals surface area (Å²) in [6.07, 6.45) is 1.01. The Balaban J connectivity index is 1.81. The lowest BCUT2D eigenvalue weighted by Gasteiger charge is -2.34. The van der Waals surface area contributed by atoms with Crippen molar-refractivity contribution in [3.05, 3.63) is 29.8 Å². The molecule has 6 heteroatoms. The molecule has 0 bridgehead atoms. The average molecular weight is 321 g/mol. The topological polar surface area (TPSA) is 68.0 Å². The molecule has 6 nitrogen and oxygen atoms in total. The molecule has 0 unspecified atom stereocenters. The summed E-state index contributed by atoms with van der Waals surface area (Å²) < 4.78 is 10.5. The van der Waals surface area contributed by atoms with Gasteiger partial charge in [-0.1, -0.05) is 0 Å². The van der Waals surface area contributed by atoms with Crippen LogP contribution in [0.5, 0.6) is 5.75 Å². The van der Waals surface area contributed by atoms with Crippen molar-refractivity contribution >= 4 is 5.91 Å².